The average Bonchev–Trinajstić information content (AvgIpc) is 2.64. The summed E-state index contributed by atoms with van der Waals surface area (Å²) in [6.07, 6.45) is 3.14. The van der Waals surface area contributed by atoms with Crippen molar-refractivity contribution in [3.8, 4) is 0 Å². The van der Waals surface area contributed by atoms with Gasteiger partial charge in [0.25, 0.3) is 5.91 Å². The van der Waals surface area contributed by atoms with Gasteiger partial charge in [-0.3, -0.25) is 10.1 Å². The van der Waals surface area contributed by atoms with Gasteiger partial charge in [-0.15, -0.1) is 0 Å². The predicted octanol–water partition coefficient (Wildman–Crippen LogP) is 3.21. The standard InChI is InChI=1S/C9H5BrClN3OS/c10-6-4-13-9(16-6)14-8(15)5-2-1-3-12-7(5)11/h1-4H,(H,13,14,15). The predicted molar refractivity (Wildman–Crippen MR) is 67.0 cm³/mol. The van der Waals surface area contributed by atoms with Crippen LogP contribution in [-0.2, 0) is 0 Å². The zero-order chi connectivity index (χ0) is 11.5. The number of aromatic nitrogens is 2. The fraction of sp³-hybridized carbons (Fsp3) is 0. The van der Waals surface area contributed by atoms with Crippen molar-refractivity contribution >= 4 is 49.9 Å². The first-order chi connectivity index (χ1) is 7.66. The highest BCUT2D eigenvalue weighted by Gasteiger charge is 2.12. The Morgan fingerprint density at radius 2 is 2.31 bits per heavy atom. The second kappa shape index (κ2) is 4.90. The van der Waals surface area contributed by atoms with E-state index in [-0.39, 0.29) is 11.1 Å². The molecule has 16 heavy (non-hydrogen) atoms. The van der Waals surface area contributed by atoms with Gasteiger partial charge in [-0.2, -0.15) is 0 Å². The van der Waals surface area contributed by atoms with E-state index in [1.165, 1.54) is 17.5 Å². The second-order valence-electron chi connectivity index (χ2n) is 2.77. The van der Waals surface area contributed by atoms with Crippen LogP contribution < -0.4 is 5.32 Å². The zero-order valence-corrected chi connectivity index (χ0v) is 10.9. The number of anilines is 1. The van der Waals surface area contributed by atoms with Gasteiger partial charge < -0.3 is 0 Å². The number of amides is 1. The molecule has 1 N–H and O–H groups in total. The number of hydrogen-bond donors (Lipinski definition) is 1. The molecule has 2 aromatic heterocycles. The minimum absolute atomic E-state index is 0.177. The summed E-state index contributed by atoms with van der Waals surface area (Å²) >= 11 is 10.4. The molecule has 0 saturated carbocycles. The molecule has 2 heterocycles. The molecule has 0 atom stereocenters. The molecule has 0 radical (unpaired) electrons. The number of hydrogen-bond acceptors (Lipinski definition) is 4. The summed E-state index contributed by atoms with van der Waals surface area (Å²) in [4.78, 5) is 19.6. The van der Waals surface area contributed by atoms with E-state index in [1.54, 1.807) is 18.3 Å². The molecule has 0 saturated heterocycles. The van der Waals surface area contributed by atoms with Crippen molar-refractivity contribution in [2.75, 3.05) is 5.32 Å². The second-order valence-corrected chi connectivity index (χ2v) is 5.53. The summed E-state index contributed by atoms with van der Waals surface area (Å²) in [7, 11) is 0. The van der Waals surface area contributed by atoms with Crippen LogP contribution in [-0.4, -0.2) is 15.9 Å². The lowest BCUT2D eigenvalue weighted by Crippen LogP contribution is -2.12. The van der Waals surface area contributed by atoms with Crippen LogP contribution in [0.2, 0.25) is 5.15 Å². The fourth-order valence-electron chi connectivity index (χ4n) is 1.03. The van der Waals surface area contributed by atoms with Crippen LogP contribution in [0, 0.1) is 0 Å². The highest BCUT2D eigenvalue weighted by atomic mass is 79.9. The van der Waals surface area contributed by atoms with Crippen molar-refractivity contribution in [3.05, 3.63) is 39.0 Å². The van der Waals surface area contributed by atoms with Gasteiger partial charge in [0.1, 0.15) is 5.15 Å². The number of nitrogens with one attached hydrogen (secondary N) is 1. The molecule has 1 amide bonds. The van der Waals surface area contributed by atoms with Crippen molar-refractivity contribution in [1.82, 2.24) is 9.97 Å². The number of thiazole rings is 1. The Balaban J connectivity index is 2.18. The lowest BCUT2D eigenvalue weighted by atomic mass is 10.3. The molecule has 0 aliphatic carbocycles. The summed E-state index contributed by atoms with van der Waals surface area (Å²) in [5.74, 6) is -0.319. The summed E-state index contributed by atoms with van der Waals surface area (Å²) < 4.78 is 0.847. The van der Waals surface area contributed by atoms with Crippen molar-refractivity contribution in [3.63, 3.8) is 0 Å². The molecular formula is C9H5BrClN3OS. The normalized spacial score (nSPS) is 10.1. The number of rotatable bonds is 2. The highest BCUT2D eigenvalue weighted by Crippen LogP contribution is 2.24. The van der Waals surface area contributed by atoms with Crippen molar-refractivity contribution < 1.29 is 4.79 Å². The molecule has 0 fully saturated rings. The van der Waals surface area contributed by atoms with Crippen LogP contribution in [0.25, 0.3) is 0 Å². The van der Waals surface area contributed by atoms with Crippen LogP contribution >= 0.6 is 38.9 Å². The number of carbonyl (C=O) groups is 1. The van der Waals surface area contributed by atoms with Crippen LogP contribution in [0.4, 0.5) is 5.13 Å². The largest absolute Gasteiger partial charge is 0.298 e. The van der Waals surface area contributed by atoms with Gasteiger partial charge in [0.05, 0.1) is 15.5 Å². The molecule has 2 aromatic rings. The van der Waals surface area contributed by atoms with Crippen LogP contribution in [0.5, 0.6) is 0 Å². The van der Waals surface area contributed by atoms with Gasteiger partial charge in [0.15, 0.2) is 5.13 Å². The Labute approximate surface area is 109 Å². The molecule has 0 aromatic carbocycles. The van der Waals surface area contributed by atoms with E-state index in [4.69, 9.17) is 11.6 Å². The van der Waals surface area contributed by atoms with Gasteiger partial charge in [-0.05, 0) is 28.1 Å². The number of halogens is 2. The lowest BCUT2D eigenvalue weighted by molar-refractivity contribution is 0.102. The van der Waals surface area contributed by atoms with E-state index in [1.807, 2.05) is 0 Å². The summed E-state index contributed by atoms with van der Waals surface area (Å²) in [5, 5.41) is 3.32. The quantitative estimate of drug-likeness (QED) is 0.865. The molecule has 0 bridgehead atoms. The Bertz CT molecular complexity index is 531. The van der Waals surface area contributed by atoms with Crippen LogP contribution in [0.15, 0.2) is 28.3 Å². The molecule has 0 aliphatic rings. The molecule has 0 aliphatic heterocycles. The third kappa shape index (κ3) is 2.58. The summed E-state index contributed by atoms with van der Waals surface area (Å²) in [6.45, 7) is 0. The maximum atomic E-state index is 11.8. The first kappa shape index (κ1) is 11.5. The highest BCUT2D eigenvalue weighted by molar-refractivity contribution is 9.11. The molecule has 4 nitrogen and oxygen atoms in total. The molecular weight excluding hydrogens is 314 g/mol. The molecule has 0 spiro atoms. The maximum Gasteiger partial charge on any atom is 0.260 e. The summed E-state index contributed by atoms with van der Waals surface area (Å²) in [6, 6.07) is 3.26. The Morgan fingerprint density at radius 3 is 2.94 bits per heavy atom. The molecule has 0 unspecified atom stereocenters. The zero-order valence-electron chi connectivity index (χ0n) is 7.78. The van der Waals surface area contributed by atoms with Gasteiger partial charge in [-0.1, -0.05) is 22.9 Å². The van der Waals surface area contributed by atoms with Crippen molar-refractivity contribution in [1.29, 1.82) is 0 Å². The monoisotopic (exact) mass is 317 g/mol. The van der Waals surface area contributed by atoms with Gasteiger partial charge in [0, 0.05) is 6.20 Å². The van der Waals surface area contributed by atoms with E-state index in [0.717, 1.165) is 3.79 Å². The number of nitrogens with zero attached hydrogens (tertiary/aromatic N) is 2. The minimum atomic E-state index is -0.319. The fourth-order valence-corrected chi connectivity index (χ4v) is 2.34. The molecule has 2 rings (SSSR count). The number of pyridine rings is 1. The van der Waals surface area contributed by atoms with Gasteiger partial charge in [-0.25, -0.2) is 9.97 Å². The van der Waals surface area contributed by atoms with Crippen LogP contribution in [0.1, 0.15) is 10.4 Å². The average molecular weight is 319 g/mol. The lowest BCUT2D eigenvalue weighted by Gasteiger charge is -2.02. The first-order valence-corrected chi connectivity index (χ1v) is 6.19. The SMILES string of the molecule is O=C(Nc1ncc(Br)s1)c1cccnc1Cl. The minimum Gasteiger partial charge on any atom is -0.298 e. The first-order valence-electron chi connectivity index (χ1n) is 4.20. The molecule has 7 heteroatoms. The topological polar surface area (TPSA) is 54.9 Å². The van der Waals surface area contributed by atoms with Gasteiger partial charge in [0.2, 0.25) is 0 Å². The van der Waals surface area contributed by atoms with Crippen LogP contribution in [0.3, 0.4) is 0 Å². The third-order valence-corrected chi connectivity index (χ3v) is 3.39. The Hall–Kier alpha value is -0.980. The molecule has 82 valence electrons. The Morgan fingerprint density at radius 1 is 1.50 bits per heavy atom. The van der Waals surface area contributed by atoms with Crippen molar-refractivity contribution in [2.24, 2.45) is 0 Å². The van der Waals surface area contributed by atoms with E-state index in [0.29, 0.717) is 10.7 Å². The van der Waals surface area contributed by atoms with E-state index >= 15 is 0 Å². The van der Waals surface area contributed by atoms with E-state index in [2.05, 4.69) is 31.2 Å². The van der Waals surface area contributed by atoms with E-state index < -0.39 is 0 Å². The Kier molecular flexibility index (Phi) is 3.52. The summed E-state index contributed by atoms with van der Waals surface area (Å²) in [5.41, 5.74) is 0.329. The van der Waals surface area contributed by atoms with Gasteiger partial charge >= 0.3 is 0 Å². The maximum absolute atomic E-state index is 11.8. The third-order valence-electron chi connectivity index (χ3n) is 1.70. The van der Waals surface area contributed by atoms with Crippen molar-refractivity contribution in [2.45, 2.75) is 0 Å². The smallest absolute Gasteiger partial charge is 0.260 e. The van der Waals surface area contributed by atoms with E-state index in [9.17, 15) is 4.79 Å². The number of carbonyl (C=O) groups excluding carboxylic acids is 1.